The number of anilines is 1. The molecule has 6 nitrogen and oxygen atoms in total. The summed E-state index contributed by atoms with van der Waals surface area (Å²) in [5.74, 6) is -2.02. The van der Waals surface area contributed by atoms with E-state index >= 15 is 0 Å². The van der Waals surface area contributed by atoms with E-state index in [2.05, 4.69) is 10.0 Å². The number of hydrogen-bond acceptors (Lipinski definition) is 4. The van der Waals surface area contributed by atoms with Crippen molar-refractivity contribution in [1.82, 2.24) is 0 Å². The first-order valence-electron chi connectivity index (χ1n) is 5.08. The maximum absolute atomic E-state index is 13.1. The Kier molecular flexibility index (Phi) is 4.85. The molecule has 0 aliphatic carbocycles. The monoisotopic (exact) mass is 258 g/mol. The van der Waals surface area contributed by atoms with Crippen LogP contribution in [0.25, 0.3) is 10.4 Å². The molecule has 0 heterocycles. The van der Waals surface area contributed by atoms with Gasteiger partial charge in [-0.05, 0) is 29.6 Å². The molecular formula is C10H12F2N4O2. The maximum atomic E-state index is 13.1. The van der Waals surface area contributed by atoms with Gasteiger partial charge in [0.05, 0.1) is 6.10 Å². The number of hydrogen-bond donors (Lipinski definition) is 3. The predicted molar refractivity (Wildman–Crippen MR) is 60.4 cm³/mol. The lowest BCUT2D eigenvalue weighted by Gasteiger charge is -2.17. The molecule has 0 saturated carbocycles. The molecule has 18 heavy (non-hydrogen) atoms. The lowest BCUT2D eigenvalue weighted by molar-refractivity contribution is 0.0147. The van der Waals surface area contributed by atoms with Crippen molar-refractivity contribution in [2.75, 3.05) is 12.3 Å². The molecule has 1 rings (SSSR count). The molecule has 0 bridgehead atoms. The van der Waals surface area contributed by atoms with Crippen LogP contribution in [0.4, 0.5) is 14.5 Å². The summed E-state index contributed by atoms with van der Waals surface area (Å²) in [5, 5.41) is 22.4. The van der Waals surface area contributed by atoms with Gasteiger partial charge in [-0.1, -0.05) is 5.11 Å². The zero-order valence-electron chi connectivity index (χ0n) is 9.29. The highest BCUT2D eigenvalue weighted by Gasteiger charge is 2.20. The number of azide groups is 1. The Morgan fingerprint density at radius 3 is 2.39 bits per heavy atom. The third-order valence-electron chi connectivity index (χ3n) is 2.40. The fraction of sp³-hybridized carbons (Fsp3) is 0.400. The van der Waals surface area contributed by atoms with Crippen LogP contribution >= 0.6 is 0 Å². The second-order valence-electron chi connectivity index (χ2n) is 3.65. The molecule has 0 aliphatic heterocycles. The summed E-state index contributed by atoms with van der Waals surface area (Å²) in [5.41, 5.74) is 12.3. The summed E-state index contributed by atoms with van der Waals surface area (Å²) in [6, 6.07) is 1.69. The van der Waals surface area contributed by atoms with E-state index in [9.17, 15) is 19.0 Å². The number of rotatable bonds is 5. The molecule has 4 N–H and O–H groups in total. The SMILES string of the molecule is [N-]=[N+]=NCCC(O)C(O)c1cc(F)c(N)c(F)c1. The topological polar surface area (TPSA) is 115 Å². The summed E-state index contributed by atoms with van der Waals surface area (Å²) in [6.45, 7) is -0.0331. The normalized spacial score (nSPS) is 13.8. The van der Waals surface area contributed by atoms with Crippen LogP contribution in [0.5, 0.6) is 0 Å². The van der Waals surface area contributed by atoms with Crippen molar-refractivity contribution >= 4 is 5.69 Å². The van der Waals surface area contributed by atoms with E-state index in [1.54, 1.807) is 0 Å². The van der Waals surface area contributed by atoms with Crippen LogP contribution in [-0.2, 0) is 0 Å². The Bertz CT molecular complexity index is 454. The number of halogens is 2. The van der Waals surface area contributed by atoms with E-state index < -0.39 is 29.5 Å². The molecule has 8 heteroatoms. The highest BCUT2D eigenvalue weighted by Crippen LogP contribution is 2.24. The molecule has 0 fully saturated rings. The van der Waals surface area contributed by atoms with Gasteiger partial charge in [-0.25, -0.2) is 8.78 Å². The summed E-state index contributed by atoms with van der Waals surface area (Å²) in [4.78, 5) is 2.48. The van der Waals surface area contributed by atoms with Crippen LogP contribution in [-0.4, -0.2) is 22.9 Å². The van der Waals surface area contributed by atoms with E-state index in [1.165, 1.54) is 0 Å². The highest BCUT2D eigenvalue weighted by atomic mass is 19.1. The van der Waals surface area contributed by atoms with E-state index in [-0.39, 0.29) is 18.5 Å². The minimum atomic E-state index is -1.48. The van der Waals surface area contributed by atoms with Gasteiger partial charge >= 0.3 is 0 Å². The number of aliphatic hydroxyl groups excluding tert-OH is 2. The van der Waals surface area contributed by atoms with E-state index in [0.717, 1.165) is 12.1 Å². The standard InChI is InChI=1S/C10H12F2N4O2/c11-6-3-5(4-7(12)9(6)13)10(18)8(17)1-2-15-16-14/h3-4,8,10,17-18H,1-2,13H2. The molecule has 98 valence electrons. The van der Waals surface area contributed by atoms with Gasteiger partial charge in [0.2, 0.25) is 0 Å². The second-order valence-corrected chi connectivity index (χ2v) is 3.65. The van der Waals surface area contributed by atoms with Crippen molar-refractivity contribution in [2.45, 2.75) is 18.6 Å². The molecular weight excluding hydrogens is 246 g/mol. The fourth-order valence-corrected chi connectivity index (χ4v) is 1.39. The van der Waals surface area contributed by atoms with Crippen LogP contribution in [0.3, 0.4) is 0 Å². The van der Waals surface area contributed by atoms with E-state index in [1.807, 2.05) is 0 Å². The van der Waals surface area contributed by atoms with Crippen LogP contribution < -0.4 is 5.73 Å². The molecule has 2 atom stereocenters. The molecule has 0 saturated heterocycles. The summed E-state index contributed by atoms with van der Waals surface area (Å²) >= 11 is 0. The third kappa shape index (κ3) is 3.30. The number of benzene rings is 1. The Morgan fingerprint density at radius 2 is 1.89 bits per heavy atom. The van der Waals surface area contributed by atoms with Crippen LogP contribution in [0, 0.1) is 11.6 Å². The number of nitrogen functional groups attached to an aromatic ring is 1. The highest BCUT2D eigenvalue weighted by molar-refractivity contribution is 5.43. The third-order valence-corrected chi connectivity index (χ3v) is 2.40. The van der Waals surface area contributed by atoms with Crippen molar-refractivity contribution in [3.63, 3.8) is 0 Å². The lowest BCUT2D eigenvalue weighted by atomic mass is 10.0. The first-order chi connectivity index (χ1) is 8.47. The zero-order chi connectivity index (χ0) is 13.7. The lowest BCUT2D eigenvalue weighted by Crippen LogP contribution is -2.19. The van der Waals surface area contributed by atoms with Gasteiger partial charge in [0.1, 0.15) is 23.4 Å². The molecule has 0 spiro atoms. The number of aliphatic hydroxyl groups is 2. The smallest absolute Gasteiger partial charge is 0.149 e. The summed E-state index contributed by atoms with van der Waals surface area (Å²) < 4.78 is 26.3. The van der Waals surface area contributed by atoms with Gasteiger partial charge in [-0.15, -0.1) is 0 Å². The Labute approximate surface area is 101 Å². The molecule has 0 aliphatic rings. The van der Waals surface area contributed by atoms with E-state index in [4.69, 9.17) is 11.3 Å². The van der Waals surface area contributed by atoms with Gasteiger partial charge in [-0.3, -0.25) is 0 Å². The minimum Gasteiger partial charge on any atom is -0.394 e. The Balaban J connectivity index is 2.83. The molecule has 1 aromatic carbocycles. The largest absolute Gasteiger partial charge is 0.394 e. The quantitative estimate of drug-likeness (QED) is 0.322. The molecule has 1 aromatic rings. The van der Waals surface area contributed by atoms with Crippen molar-refractivity contribution in [3.05, 3.63) is 39.8 Å². The molecule has 0 aromatic heterocycles. The van der Waals surface area contributed by atoms with Crippen LogP contribution in [0.2, 0.25) is 0 Å². The average Bonchev–Trinajstić information content (AvgIpc) is 2.34. The van der Waals surface area contributed by atoms with Gasteiger partial charge in [0, 0.05) is 11.5 Å². The second kappa shape index (κ2) is 6.15. The van der Waals surface area contributed by atoms with Gasteiger partial charge in [0.25, 0.3) is 0 Å². The first kappa shape index (κ1) is 14.2. The van der Waals surface area contributed by atoms with Gasteiger partial charge in [0.15, 0.2) is 0 Å². The van der Waals surface area contributed by atoms with Gasteiger partial charge < -0.3 is 15.9 Å². The summed E-state index contributed by atoms with van der Waals surface area (Å²) in [6.07, 6.45) is -2.81. The molecule has 0 amide bonds. The first-order valence-corrected chi connectivity index (χ1v) is 5.08. The Morgan fingerprint density at radius 1 is 1.33 bits per heavy atom. The number of nitrogens with two attached hydrogens (primary N) is 1. The zero-order valence-corrected chi connectivity index (χ0v) is 9.29. The van der Waals surface area contributed by atoms with Gasteiger partial charge in [-0.2, -0.15) is 0 Å². The average molecular weight is 258 g/mol. The maximum Gasteiger partial charge on any atom is 0.149 e. The van der Waals surface area contributed by atoms with Crippen molar-refractivity contribution in [1.29, 1.82) is 0 Å². The van der Waals surface area contributed by atoms with Crippen molar-refractivity contribution in [2.24, 2.45) is 5.11 Å². The summed E-state index contributed by atoms with van der Waals surface area (Å²) in [7, 11) is 0. The predicted octanol–water partition coefficient (Wildman–Crippen LogP) is 1.64. The van der Waals surface area contributed by atoms with E-state index in [0.29, 0.717) is 0 Å². The fourth-order valence-electron chi connectivity index (χ4n) is 1.39. The van der Waals surface area contributed by atoms with Crippen LogP contribution in [0.15, 0.2) is 17.2 Å². The molecule has 0 radical (unpaired) electrons. The minimum absolute atomic E-state index is 0.0289. The number of nitrogens with zero attached hydrogens (tertiary/aromatic N) is 3. The van der Waals surface area contributed by atoms with Crippen molar-refractivity contribution < 1.29 is 19.0 Å². The Hall–Kier alpha value is -1.89. The van der Waals surface area contributed by atoms with Crippen molar-refractivity contribution in [3.8, 4) is 0 Å². The van der Waals surface area contributed by atoms with Crippen LogP contribution in [0.1, 0.15) is 18.1 Å². The molecule has 2 unspecified atom stereocenters.